The van der Waals surface area contributed by atoms with E-state index < -0.39 is 6.09 Å². The first-order chi connectivity index (χ1) is 6.81. The Kier molecular flexibility index (Phi) is 2.32. The normalized spacial score (nSPS) is 10.1. The molecule has 2 aromatic rings. The van der Waals surface area contributed by atoms with Crippen molar-refractivity contribution in [2.24, 2.45) is 0 Å². The fraction of sp³-hybridized carbons (Fsp3) is 0.111. The minimum Gasteiger partial charge on any atom is -0.453 e. The van der Waals surface area contributed by atoms with Crippen molar-refractivity contribution in [2.75, 3.05) is 12.4 Å². The number of fused-ring (bicyclic) bond motifs is 1. The van der Waals surface area contributed by atoms with Crippen LogP contribution in [-0.4, -0.2) is 18.2 Å². The molecular formula is C9H8N2O2S. The van der Waals surface area contributed by atoms with E-state index in [0.717, 1.165) is 15.9 Å². The third-order valence-corrected chi connectivity index (χ3v) is 2.65. The van der Waals surface area contributed by atoms with E-state index in [1.807, 2.05) is 18.2 Å². The van der Waals surface area contributed by atoms with Gasteiger partial charge in [0.2, 0.25) is 0 Å². The second kappa shape index (κ2) is 3.63. The quantitative estimate of drug-likeness (QED) is 0.783. The van der Waals surface area contributed by atoms with Gasteiger partial charge in [0.25, 0.3) is 0 Å². The van der Waals surface area contributed by atoms with Crippen molar-refractivity contribution in [2.45, 2.75) is 0 Å². The molecule has 1 amide bonds. The van der Waals surface area contributed by atoms with E-state index in [1.165, 1.54) is 18.4 Å². The first kappa shape index (κ1) is 8.96. The fourth-order valence-corrected chi connectivity index (χ4v) is 1.90. The molecule has 0 aliphatic rings. The summed E-state index contributed by atoms with van der Waals surface area (Å²) in [7, 11) is 1.34. The van der Waals surface area contributed by atoms with Crippen LogP contribution in [0.4, 0.5) is 10.5 Å². The molecular weight excluding hydrogens is 200 g/mol. The number of thiazole rings is 1. The van der Waals surface area contributed by atoms with Crippen molar-refractivity contribution in [3.05, 3.63) is 23.7 Å². The number of ether oxygens (including phenoxy) is 1. The monoisotopic (exact) mass is 208 g/mol. The summed E-state index contributed by atoms with van der Waals surface area (Å²) in [6.45, 7) is 0. The molecule has 0 bridgehead atoms. The van der Waals surface area contributed by atoms with Gasteiger partial charge in [0, 0.05) is 0 Å². The molecule has 0 fully saturated rings. The lowest BCUT2D eigenvalue weighted by atomic mass is 10.3. The third kappa shape index (κ3) is 1.54. The molecule has 1 N–H and O–H groups in total. The Balaban J connectivity index is 2.41. The minimum atomic E-state index is -0.467. The lowest BCUT2D eigenvalue weighted by Gasteiger charge is -2.03. The van der Waals surface area contributed by atoms with E-state index in [0.29, 0.717) is 0 Å². The zero-order valence-electron chi connectivity index (χ0n) is 7.48. The largest absolute Gasteiger partial charge is 0.453 e. The van der Waals surface area contributed by atoms with E-state index in [-0.39, 0.29) is 0 Å². The van der Waals surface area contributed by atoms with Crippen LogP contribution >= 0.6 is 11.3 Å². The molecule has 0 radical (unpaired) electrons. The van der Waals surface area contributed by atoms with E-state index in [9.17, 15) is 4.79 Å². The molecule has 0 unspecified atom stereocenters. The van der Waals surface area contributed by atoms with Gasteiger partial charge in [-0.05, 0) is 12.1 Å². The van der Waals surface area contributed by atoms with Gasteiger partial charge in [-0.1, -0.05) is 6.07 Å². The maximum Gasteiger partial charge on any atom is 0.411 e. The highest BCUT2D eigenvalue weighted by atomic mass is 32.1. The van der Waals surface area contributed by atoms with Gasteiger partial charge in [-0.3, -0.25) is 5.32 Å². The molecule has 1 aromatic heterocycles. The van der Waals surface area contributed by atoms with Crippen LogP contribution in [0.5, 0.6) is 0 Å². The summed E-state index contributed by atoms with van der Waals surface area (Å²) in [6, 6.07) is 5.55. The van der Waals surface area contributed by atoms with Crippen molar-refractivity contribution in [1.82, 2.24) is 4.98 Å². The summed E-state index contributed by atoms with van der Waals surface area (Å²) in [4.78, 5) is 15.1. The Morgan fingerprint density at radius 3 is 3.21 bits per heavy atom. The van der Waals surface area contributed by atoms with Crippen LogP contribution in [0.15, 0.2) is 23.7 Å². The summed E-state index contributed by atoms with van der Waals surface area (Å²) in [5.74, 6) is 0. The van der Waals surface area contributed by atoms with Crippen molar-refractivity contribution < 1.29 is 9.53 Å². The minimum absolute atomic E-state index is 0.467. The van der Waals surface area contributed by atoms with Gasteiger partial charge in [0.15, 0.2) is 0 Å². The van der Waals surface area contributed by atoms with Crippen molar-refractivity contribution in [3.8, 4) is 0 Å². The molecule has 0 saturated carbocycles. The molecule has 72 valence electrons. The second-order valence-electron chi connectivity index (χ2n) is 2.62. The number of anilines is 1. The van der Waals surface area contributed by atoms with Gasteiger partial charge >= 0.3 is 6.09 Å². The first-order valence-electron chi connectivity index (χ1n) is 3.98. The zero-order chi connectivity index (χ0) is 9.97. The number of carbonyl (C=O) groups is 1. The van der Waals surface area contributed by atoms with Gasteiger partial charge in [0.05, 0.1) is 28.5 Å². The number of aromatic nitrogens is 1. The molecule has 0 atom stereocenters. The topological polar surface area (TPSA) is 51.2 Å². The number of hydrogen-bond acceptors (Lipinski definition) is 4. The standard InChI is InChI=1S/C9H8N2O2S/c1-13-9(12)11-7-4-2-3-6-8(7)14-5-10-6/h2-5H,1H3,(H,11,12). The Labute approximate surface area is 84.5 Å². The summed E-state index contributed by atoms with van der Waals surface area (Å²) in [5.41, 5.74) is 3.35. The van der Waals surface area contributed by atoms with Crippen LogP contribution in [0, 0.1) is 0 Å². The summed E-state index contributed by atoms with van der Waals surface area (Å²) in [6.07, 6.45) is -0.467. The fourth-order valence-electron chi connectivity index (χ4n) is 1.15. The highest BCUT2D eigenvalue weighted by molar-refractivity contribution is 7.17. The Morgan fingerprint density at radius 1 is 1.57 bits per heavy atom. The molecule has 0 aliphatic heterocycles. The van der Waals surface area contributed by atoms with Gasteiger partial charge in [0.1, 0.15) is 0 Å². The SMILES string of the molecule is COC(=O)Nc1cccc2ncsc12. The van der Waals surface area contributed by atoms with Crippen LogP contribution < -0.4 is 5.32 Å². The van der Waals surface area contributed by atoms with Gasteiger partial charge < -0.3 is 4.74 Å². The predicted octanol–water partition coefficient (Wildman–Crippen LogP) is 2.47. The van der Waals surface area contributed by atoms with Gasteiger partial charge in [-0.15, -0.1) is 11.3 Å². The van der Waals surface area contributed by atoms with Crippen molar-refractivity contribution in [1.29, 1.82) is 0 Å². The highest BCUT2D eigenvalue weighted by Gasteiger charge is 2.06. The van der Waals surface area contributed by atoms with Crippen LogP contribution in [0.25, 0.3) is 10.2 Å². The van der Waals surface area contributed by atoms with E-state index in [2.05, 4.69) is 15.0 Å². The zero-order valence-corrected chi connectivity index (χ0v) is 8.30. The lowest BCUT2D eigenvalue weighted by molar-refractivity contribution is 0.187. The summed E-state index contributed by atoms with van der Waals surface area (Å²) >= 11 is 1.49. The second-order valence-corrected chi connectivity index (χ2v) is 3.48. The average Bonchev–Trinajstić information content (AvgIpc) is 2.66. The number of rotatable bonds is 1. The molecule has 0 saturated heterocycles. The Morgan fingerprint density at radius 2 is 2.43 bits per heavy atom. The molecule has 14 heavy (non-hydrogen) atoms. The van der Waals surface area contributed by atoms with Crippen molar-refractivity contribution >= 4 is 33.3 Å². The molecule has 5 heteroatoms. The number of carbonyl (C=O) groups excluding carboxylic acids is 1. The van der Waals surface area contributed by atoms with E-state index >= 15 is 0 Å². The maximum atomic E-state index is 11.0. The molecule has 4 nitrogen and oxygen atoms in total. The number of methoxy groups -OCH3 is 1. The van der Waals surface area contributed by atoms with Crippen LogP contribution in [0.3, 0.4) is 0 Å². The molecule has 0 spiro atoms. The Bertz CT molecular complexity index is 467. The summed E-state index contributed by atoms with van der Waals surface area (Å²) in [5, 5.41) is 2.63. The molecule has 0 aliphatic carbocycles. The molecule has 1 heterocycles. The third-order valence-electron chi connectivity index (χ3n) is 1.78. The predicted molar refractivity (Wildman–Crippen MR) is 55.6 cm³/mol. The number of benzene rings is 1. The average molecular weight is 208 g/mol. The van der Waals surface area contributed by atoms with Gasteiger partial charge in [-0.2, -0.15) is 0 Å². The van der Waals surface area contributed by atoms with E-state index in [4.69, 9.17) is 0 Å². The number of nitrogens with zero attached hydrogens (tertiary/aromatic N) is 1. The smallest absolute Gasteiger partial charge is 0.411 e. The van der Waals surface area contributed by atoms with Crippen LogP contribution in [0.2, 0.25) is 0 Å². The van der Waals surface area contributed by atoms with Gasteiger partial charge in [-0.25, -0.2) is 9.78 Å². The number of nitrogens with one attached hydrogen (secondary N) is 1. The van der Waals surface area contributed by atoms with Crippen LogP contribution in [0.1, 0.15) is 0 Å². The first-order valence-corrected chi connectivity index (χ1v) is 4.86. The molecule has 2 rings (SSSR count). The molecule has 1 aromatic carbocycles. The summed E-state index contributed by atoms with van der Waals surface area (Å²) < 4.78 is 5.47. The van der Waals surface area contributed by atoms with Crippen LogP contribution in [-0.2, 0) is 4.74 Å². The Hall–Kier alpha value is -1.62. The lowest BCUT2D eigenvalue weighted by Crippen LogP contribution is -2.10. The maximum absolute atomic E-state index is 11.0. The van der Waals surface area contributed by atoms with E-state index in [1.54, 1.807) is 5.51 Å². The highest BCUT2D eigenvalue weighted by Crippen LogP contribution is 2.26. The number of hydrogen-bond donors (Lipinski definition) is 1. The number of amides is 1. The van der Waals surface area contributed by atoms with Crippen molar-refractivity contribution in [3.63, 3.8) is 0 Å².